The zero-order chi connectivity index (χ0) is 27.5. The van der Waals surface area contributed by atoms with E-state index in [1.807, 2.05) is 42.2 Å². The molecule has 2 unspecified atom stereocenters. The monoisotopic (exact) mass is 550 g/mol. The number of rotatable bonds is 5. The number of piperazine rings is 1. The van der Waals surface area contributed by atoms with Gasteiger partial charge >= 0.3 is 0 Å². The summed E-state index contributed by atoms with van der Waals surface area (Å²) in [6, 6.07) is 9.58. The van der Waals surface area contributed by atoms with E-state index in [1.165, 1.54) is 0 Å². The van der Waals surface area contributed by atoms with Crippen molar-refractivity contribution in [2.24, 2.45) is 23.7 Å². The fourth-order valence-electron chi connectivity index (χ4n) is 7.54. The second kappa shape index (κ2) is 9.94. The third-order valence-corrected chi connectivity index (χ3v) is 9.78. The first kappa shape index (κ1) is 26.1. The lowest BCUT2D eigenvalue weighted by molar-refractivity contribution is -0.614. The first-order valence-electron chi connectivity index (χ1n) is 14.6. The van der Waals surface area contributed by atoms with E-state index in [4.69, 9.17) is 24.0 Å². The van der Waals surface area contributed by atoms with Crippen molar-refractivity contribution in [1.82, 2.24) is 14.9 Å². The van der Waals surface area contributed by atoms with Crippen molar-refractivity contribution in [2.75, 3.05) is 31.1 Å². The van der Waals surface area contributed by atoms with Crippen molar-refractivity contribution in [1.29, 1.82) is 0 Å². The van der Waals surface area contributed by atoms with Crippen molar-refractivity contribution in [2.45, 2.75) is 70.4 Å². The molecule has 5 saturated heterocycles. The van der Waals surface area contributed by atoms with Crippen LogP contribution in [0.4, 0.5) is 5.95 Å². The zero-order valence-electron chi connectivity index (χ0n) is 23.4. The molecule has 6 aliphatic rings. The van der Waals surface area contributed by atoms with Gasteiger partial charge in [0.25, 0.3) is 0 Å². The number of ether oxygens (including phenoxy) is 3. The van der Waals surface area contributed by atoms with Crippen LogP contribution >= 0.6 is 0 Å². The van der Waals surface area contributed by atoms with Crippen molar-refractivity contribution in [3.8, 4) is 5.75 Å². The van der Waals surface area contributed by atoms with Crippen LogP contribution < -0.4 is 9.64 Å². The van der Waals surface area contributed by atoms with Crippen LogP contribution in [0.15, 0.2) is 42.7 Å². The summed E-state index contributed by atoms with van der Waals surface area (Å²) >= 11 is 0. The quantitative estimate of drug-likeness (QED) is 0.518. The molecule has 1 aliphatic carbocycles. The maximum Gasteiger partial charge on any atom is 0.227 e. The minimum absolute atomic E-state index is 0.0992. The summed E-state index contributed by atoms with van der Waals surface area (Å²) in [5, 5.41) is 0. The van der Waals surface area contributed by atoms with Gasteiger partial charge in [0, 0.05) is 62.7 Å². The minimum Gasteiger partial charge on any atom is -0.465 e. The van der Waals surface area contributed by atoms with Gasteiger partial charge in [-0.2, -0.15) is 0 Å². The smallest absolute Gasteiger partial charge is 0.227 e. The molecule has 10 nitrogen and oxygen atoms in total. The van der Waals surface area contributed by atoms with E-state index in [0.717, 1.165) is 37.9 Å². The molecule has 6 heterocycles. The van der Waals surface area contributed by atoms with Crippen LogP contribution in [0.25, 0.3) is 0 Å². The predicted molar refractivity (Wildman–Crippen MR) is 144 cm³/mol. The van der Waals surface area contributed by atoms with Crippen LogP contribution in [0.5, 0.6) is 5.75 Å². The predicted octanol–water partition coefficient (Wildman–Crippen LogP) is 3.56. The summed E-state index contributed by atoms with van der Waals surface area (Å²) in [5.41, 5.74) is 0.372. The molecular weight excluding hydrogens is 512 g/mol. The van der Waals surface area contributed by atoms with E-state index in [2.05, 4.69) is 28.7 Å². The Morgan fingerprint density at radius 1 is 1.02 bits per heavy atom. The number of nitrogens with zero attached hydrogens (tertiary/aromatic N) is 4. The van der Waals surface area contributed by atoms with E-state index < -0.39 is 24.0 Å². The highest BCUT2D eigenvalue weighted by Crippen LogP contribution is 2.62. The fourth-order valence-corrected chi connectivity index (χ4v) is 7.54. The normalized spacial score (nSPS) is 38.6. The van der Waals surface area contributed by atoms with Crippen LogP contribution in [0.2, 0.25) is 0 Å². The average Bonchev–Trinajstić information content (AvgIpc) is 2.97. The lowest BCUT2D eigenvalue weighted by Crippen LogP contribution is -2.76. The molecule has 8 rings (SSSR count). The molecule has 1 amide bonds. The fraction of sp³-hybridized carbons (Fsp3) is 0.633. The molecule has 1 spiro atoms. The van der Waals surface area contributed by atoms with Gasteiger partial charge in [-0.3, -0.25) is 4.79 Å². The number of benzene rings is 1. The highest BCUT2D eigenvalue weighted by molar-refractivity contribution is 5.79. The van der Waals surface area contributed by atoms with Crippen molar-refractivity contribution >= 4 is 11.9 Å². The molecule has 1 aromatic heterocycles. The van der Waals surface area contributed by atoms with Crippen molar-refractivity contribution in [3.05, 3.63) is 48.3 Å². The highest BCUT2D eigenvalue weighted by Gasteiger charge is 2.72. The number of amides is 1. The van der Waals surface area contributed by atoms with Gasteiger partial charge in [0.1, 0.15) is 5.75 Å². The van der Waals surface area contributed by atoms with E-state index in [1.54, 1.807) is 12.4 Å². The molecule has 214 valence electrons. The molecule has 2 aromatic rings. The van der Waals surface area contributed by atoms with Crippen LogP contribution in [-0.2, 0) is 30.5 Å². The number of anilines is 1. The van der Waals surface area contributed by atoms with Crippen molar-refractivity contribution in [3.63, 3.8) is 0 Å². The van der Waals surface area contributed by atoms with E-state index >= 15 is 0 Å². The molecule has 6 fully saturated rings. The molecule has 2 bridgehead atoms. The Balaban J connectivity index is 0.973. The Morgan fingerprint density at radius 2 is 1.77 bits per heavy atom. The van der Waals surface area contributed by atoms with Crippen LogP contribution in [0.1, 0.15) is 45.6 Å². The number of carbonyl (C=O) groups excluding carboxylic acids is 1. The summed E-state index contributed by atoms with van der Waals surface area (Å²) in [7, 11) is 0. The molecule has 10 heteroatoms. The summed E-state index contributed by atoms with van der Waals surface area (Å²) in [6.45, 7) is 9.19. The van der Waals surface area contributed by atoms with Crippen molar-refractivity contribution < 1.29 is 28.8 Å². The molecule has 1 saturated carbocycles. The number of hydrogen-bond donors (Lipinski definition) is 0. The summed E-state index contributed by atoms with van der Waals surface area (Å²) in [5.74, 6) is 1.93. The second-order valence-corrected chi connectivity index (χ2v) is 12.3. The number of hydrogen-bond acceptors (Lipinski definition) is 9. The maximum absolute atomic E-state index is 13.0. The highest BCUT2D eigenvalue weighted by atomic mass is 17.3. The minimum atomic E-state index is -0.797. The van der Waals surface area contributed by atoms with Gasteiger partial charge in [-0.25, -0.2) is 19.7 Å². The Bertz CT molecular complexity index is 1220. The van der Waals surface area contributed by atoms with Gasteiger partial charge in [-0.05, 0) is 49.4 Å². The lowest BCUT2D eigenvalue weighted by atomic mass is 9.56. The standard InChI is InChI=1S/C30H38N4O6/c1-19-5-10-23-20(2)26(37-27-30(23)24(19)18-29(3,38-27)39-40-30)36-22-8-6-21(7-9-22)17-25(35)33-13-15-34(16-14-33)28-31-11-4-12-32-28/h4,6-9,11-12,19-20,23-24,26-27H,5,10,13-18H2,1-3H3/t19-,20-,23?,24?,26+,27-,29+,30+/m1/s1. The first-order chi connectivity index (χ1) is 19.3. The Labute approximate surface area is 234 Å². The first-order valence-corrected chi connectivity index (χ1v) is 14.6. The molecule has 8 atom stereocenters. The van der Waals surface area contributed by atoms with Gasteiger partial charge < -0.3 is 24.0 Å². The Kier molecular flexibility index (Phi) is 6.49. The van der Waals surface area contributed by atoms with E-state index in [0.29, 0.717) is 43.0 Å². The van der Waals surface area contributed by atoms with Crippen LogP contribution in [0, 0.1) is 23.7 Å². The summed E-state index contributed by atoms with van der Waals surface area (Å²) < 4.78 is 19.2. The topological polar surface area (TPSA) is 95.5 Å². The van der Waals surface area contributed by atoms with Gasteiger partial charge in [-0.15, -0.1) is 0 Å². The molecule has 0 N–H and O–H groups in total. The van der Waals surface area contributed by atoms with Crippen LogP contribution in [-0.4, -0.2) is 70.9 Å². The van der Waals surface area contributed by atoms with Gasteiger partial charge in [0.15, 0.2) is 11.9 Å². The molecule has 40 heavy (non-hydrogen) atoms. The zero-order valence-corrected chi connectivity index (χ0v) is 23.4. The third kappa shape index (κ3) is 4.36. The summed E-state index contributed by atoms with van der Waals surface area (Å²) in [6.07, 6.45) is 5.85. The number of fused-ring (bicyclic) bond motifs is 1. The van der Waals surface area contributed by atoms with E-state index in [9.17, 15) is 4.79 Å². The SMILES string of the molecule is C[C@@H]1CCC2[C@@H](C)[C@@H](Oc3ccc(CC(=O)N4CCN(c5ncccn5)CC4)cc3)O[C@@H]3O[C@]4(C)CC1[C@@]23OO4. The molecule has 0 radical (unpaired) electrons. The third-order valence-electron chi connectivity index (χ3n) is 9.78. The average molecular weight is 551 g/mol. The Hall–Kier alpha value is -2.79. The maximum atomic E-state index is 13.0. The largest absolute Gasteiger partial charge is 0.465 e. The summed E-state index contributed by atoms with van der Waals surface area (Å²) in [4.78, 5) is 37.6. The molecule has 1 aromatic carbocycles. The van der Waals surface area contributed by atoms with Gasteiger partial charge in [-0.1, -0.05) is 26.0 Å². The molecule has 5 aliphatic heterocycles. The van der Waals surface area contributed by atoms with E-state index in [-0.39, 0.29) is 17.7 Å². The number of aromatic nitrogens is 2. The van der Waals surface area contributed by atoms with Crippen LogP contribution in [0.3, 0.4) is 0 Å². The number of carbonyl (C=O) groups is 1. The Morgan fingerprint density at radius 3 is 2.52 bits per heavy atom. The van der Waals surface area contributed by atoms with Gasteiger partial charge in [0.2, 0.25) is 23.9 Å². The lowest BCUT2D eigenvalue weighted by Gasteiger charge is -2.66. The molecular formula is C30H38N4O6. The second-order valence-electron chi connectivity index (χ2n) is 12.3. The van der Waals surface area contributed by atoms with Gasteiger partial charge in [0.05, 0.1) is 6.42 Å².